The Balaban J connectivity index is 2.06. The average molecular weight is 210 g/mol. The summed E-state index contributed by atoms with van der Waals surface area (Å²) in [7, 11) is 0. The van der Waals surface area contributed by atoms with Crippen LogP contribution >= 0.6 is 0 Å². The third kappa shape index (κ3) is 1.30. The van der Waals surface area contributed by atoms with E-state index in [1.165, 1.54) is 12.8 Å². The van der Waals surface area contributed by atoms with Crippen LogP contribution in [-0.4, -0.2) is 33.9 Å². The van der Waals surface area contributed by atoms with Crippen molar-refractivity contribution in [1.29, 1.82) is 0 Å². The van der Waals surface area contributed by atoms with Crippen LogP contribution in [0.2, 0.25) is 0 Å². The van der Waals surface area contributed by atoms with Crippen LogP contribution in [0.3, 0.4) is 0 Å². The summed E-state index contributed by atoms with van der Waals surface area (Å²) in [5.41, 5.74) is 0.621. The van der Waals surface area contributed by atoms with Gasteiger partial charge in [0, 0.05) is 22.2 Å². The fourth-order valence-electron chi connectivity index (χ4n) is 5.34. The Morgan fingerprint density at radius 3 is 1.73 bits per heavy atom. The first-order chi connectivity index (χ1) is 6.80. The molecule has 2 atom stereocenters. The molecule has 0 amide bonds. The Morgan fingerprint density at radius 1 is 0.867 bits per heavy atom. The number of aliphatic hydroxyl groups is 1. The van der Waals surface area contributed by atoms with Crippen molar-refractivity contribution in [3.05, 3.63) is 0 Å². The van der Waals surface area contributed by atoms with E-state index in [-0.39, 0.29) is 28.8 Å². The molecule has 0 aromatic heterocycles. The normalized spacial score (nSPS) is 62.4. The molecule has 4 fully saturated rings. The molecule has 15 heavy (non-hydrogen) atoms. The minimum absolute atomic E-state index is 0.0278. The van der Waals surface area contributed by atoms with Gasteiger partial charge >= 0.3 is 0 Å². The van der Waals surface area contributed by atoms with E-state index >= 15 is 0 Å². The molecule has 0 radical (unpaired) electrons. The SMILES string of the molecule is CC12CC3(C)CC(C)(CC(CO)(C1)N3)N2. The van der Waals surface area contributed by atoms with Gasteiger partial charge in [0.15, 0.2) is 0 Å². The standard InChI is InChI=1S/C12H22N2O/c1-9-4-10(2)6-12(8-15,14-9)7-11(3,5-9)13-10/h13-15H,4-8H2,1-3H3. The van der Waals surface area contributed by atoms with E-state index in [0.717, 1.165) is 12.8 Å². The lowest BCUT2D eigenvalue weighted by Gasteiger charge is -2.69. The minimum Gasteiger partial charge on any atom is -0.394 e. The molecule has 0 aromatic carbocycles. The third-order valence-electron chi connectivity index (χ3n) is 4.49. The van der Waals surface area contributed by atoms with Gasteiger partial charge in [-0.25, -0.2) is 0 Å². The number of rotatable bonds is 1. The van der Waals surface area contributed by atoms with Gasteiger partial charge in [-0.05, 0) is 46.5 Å². The van der Waals surface area contributed by atoms with Crippen molar-refractivity contribution in [1.82, 2.24) is 10.6 Å². The lowest BCUT2D eigenvalue weighted by atomic mass is 9.54. The minimum atomic E-state index is -0.0278. The average Bonchev–Trinajstić information content (AvgIpc) is 1.94. The smallest absolute Gasteiger partial charge is 0.0614 e. The number of hydrogen-bond donors (Lipinski definition) is 3. The van der Waals surface area contributed by atoms with Crippen molar-refractivity contribution in [2.24, 2.45) is 0 Å². The summed E-state index contributed by atoms with van der Waals surface area (Å²) in [6.45, 7) is 7.21. The highest BCUT2D eigenvalue weighted by Crippen LogP contribution is 2.53. The predicted octanol–water partition coefficient (Wildman–Crippen LogP) is 0.774. The van der Waals surface area contributed by atoms with Gasteiger partial charge in [-0.15, -0.1) is 0 Å². The molecule has 0 aromatic rings. The molecule has 4 aliphatic rings. The molecule has 2 unspecified atom stereocenters. The van der Waals surface area contributed by atoms with Crippen LogP contribution < -0.4 is 10.6 Å². The zero-order chi connectivity index (χ0) is 10.9. The Labute approximate surface area is 91.6 Å². The molecule has 4 heterocycles. The lowest BCUT2D eigenvalue weighted by molar-refractivity contribution is -0.106. The highest BCUT2D eigenvalue weighted by Gasteiger charge is 2.63. The second-order valence-electron chi connectivity index (χ2n) is 7.08. The fraction of sp³-hybridized carbons (Fsp3) is 1.00. The molecule has 4 rings (SSSR count). The van der Waals surface area contributed by atoms with Crippen LogP contribution in [0.5, 0.6) is 0 Å². The summed E-state index contributed by atoms with van der Waals surface area (Å²) < 4.78 is 0. The van der Waals surface area contributed by atoms with E-state index in [9.17, 15) is 5.11 Å². The van der Waals surface area contributed by atoms with Gasteiger partial charge in [0.1, 0.15) is 0 Å². The van der Waals surface area contributed by atoms with E-state index in [1.54, 1.807) is 0 Å². The van der Waals surface area contributed by atoms with E-state index in [1.807, 2.05) is 0 Å². The van der Waals surface area contributed by atoms with Crippen LogP contribution in [0.15, 0.2) is 0 Å². The summed E-state index contributed by atoms with van der Waals surface area (Å²) in [6.07, 6.45) is 4.47. The van der Waals surface area contributed by atoms with Crippen molar-refractivity contribution in [3.63, 3.8) is 0 Å². The van der Waals surface area contributed by atoms with Gasteiger partial charge < -0.3 is 15.7 Å². The van der Waals surface area contributed by atoms with Gasteiger partial charge in [0.25, 0.3) is 0 Å². The molecule has 3 heteroatoms. The van der Waals surface area contributed by atoms with E-state index in [0.29, 0.717) is 0 Å². The molecular formula is C12H22N2O. The molecular weight excluding hydrogens is 188 g/mol. The fourth-order valence-corrected chi connectivity index (χ4v) is 5.34. The van der Waals surface area contributed by atoms with Crippen molar-refractivity contribution < 1.29 is 5.11 Å². The first-order valence-corrected chi connectivity index (χ1v) is 6.00. The van der Waals surface area contributed by atoms with Gasteiger partial charge in [0.05, 0.1) is 6.61 Å². The van der Waals surface area contributed by atoms with Gasteiger partial charge in [-0.1, -0.05) is 0 Å². The van der Waals surface area contributed by atoms with Crippen LogP contribution in [0.1, 0.15) is 46.5 Å². The maximum absolute atomic E-state index is 9.68. The Hall–Kier alpha value is -0.120. The molecule has 86 valence electrons. The van der Waals surface area contributed by atoms with Crippen LogP contribution in [-0.2, 0) is 0 Å². The van der Waals surface area contributed by atoms with Crippen molar-refractivity contribution in [3.8, 4) is 0 Å². The molecule has 3 N–H and O–H groups in total. The van der Waals surface area contributed by atoms with Gasteiger partial charge in [0.2, 0.25) is 0 Å². The molecule has 3 nitrogen and oxygen atoms in total. The maximum atomic E-state index is 9.68. The van der Waals surface area contributed by atoms with Gasteiger partial charge in [-0.2, -0.15) is 0 Å². The predicted molar refractivity (Wildman–Crippen MR) is 59.8 cm³/mol. The Kier molecular flexibility index (Phi) is 1.62. The highest BCUT2D eigenvalue weighted by atomic mass is 16.3. The zero-order valence-corrected chi connectivity index (χ0v) is 9.98. The molecule has 4 aliphatic heterocycles. The number of hydrogen-bond acceptors (Lipinski definition) is 3. The molecule has 0 saturated carbocycles. The Morgan fingerprint density at radius 2 is 1.33 bits per heavy atom. The van der Waals surface area contributed by atoms with E-state index in [2.05, 4.69) is 31.4 Å². The summed E-state index contributed by atoms with van der Waals surface area (Å²) in [5, 5.41) is 17.2. The molecule has 4 saturated heterocycles. The number of aliphatic hydroxyl groups excluding tert-OH is 1. The topological polar surface area (TPSA) is 44.3 Å². The van der Waals surface area contributed by atoms with Crippen LogP contribution in [0.4, 0.5) is 0 Å². The first-order valence-electron chi connectivity index (χ1n) is 6.00. The molecule has 0 spiro atoms. The summed E-state index contributed by atoms with van der Waals surface area (Å²) in [4.78, 5) is 0. The van der Waals surface area contributed by atoms with Crippen LogP contribution in [0, 0.1) is 0 Å². The van der Waals surface area contributed by atoms with Crippen molar-refractivity contribution >= 4 is 0 Å². The maximum Gasteiger partial charge on any atom is 0.0614 e. The largest absolute Gasteiger partial charge is 0.394 e. The summed E-state index contributed by atoms with van der Waals surface area (Å²) >= 11 is 0. The third-order valence-corrected chi connectivity index (χ3v) is 4.49. The zero-order valence-electron chi connectivity index (χ0n) is 9.98. The van der Waals surface area contributed by atoms with Gasteiger partial charge in [-0.3, -0.25) is 0 Å². The lowest BCUT2D eigenvalue weighted by Crippen LogP contribution is -2.84. The molecule has 4 bridgehead atoms. The number of nitrogens with one attached hydrogen (secondary N) is 2. The first kappa shape index (κ1) is 10.1. The Bertz CT molecular complexity index is 261. The van der Waals surface area contributed by atoms with Crippen molar-refractivity contribution in [2.75, 3.05) is 6.61 Å². The summed E-state index contributed by atoms with van der Waals surface area (Å²) in [6, 6.07) is 0. The second kappa shape index (κ2) is 2.41. The monoisotopic (exact) mass is 210 g/mol. The summed E-state index contributed by atoms with van der Waals surface area (Å²) in [5.74, 6) is 0. The van der Waals surface area contributed by atoms with E-state index in [4.69, 9.17) is 0 Å². The quantitative estimate of drug-likeness (QED) is 0.599. The molecule has 0 aliphatic carbocycles. The highest BCUT2D eigenvalue weighted by molar-refractivity contribution is 5.24. The van der Waals surface area contributed by atoms with Crippen molar-refractivity contribution in [2.45, 2.75) is 68.6 Å². The van der Waals surface area contributed by atoms with E-state index < -0.39 is 0 Å². The van der Waals surface area contributed by atoms with Crippen LogP contribution in [0.25, 0.3) is 0 Å². The number of piperidine rings is 4. The second-order valence-corrected chi connectivity index (χ2v) is 7.08.